The second kappa shape index (κ2) is 5.07. The average Bonchev–Trinajstić information content (AvgIpc) is 2.39. The Kier molecular flexibility index (Phi) is 4.31. The molecule has 3 N–H and O–H groups in total. The minimum atomic E-state index is 0.176. The largest absolute Gasteiger partial charge is 0.383 e. The summed E-state index contributed by atoms with van der Waals surface area (Å²) in [6.45, 7) is 7.05. The van der Waals surface area contributed by atoms with Crippen LogP contribution in [0.25, 0.3) is 0 Å². The van der Waals surface area contributed by atoms with Gasteiger partial charge in [0, 0.05) is 13.0 Å². The summed E-state index contributed by atoms with van der Waals surface area (Å²) in [5, 5.41) is 0. The topological polar surface area (TPSA) is 56.5 Å². The maximum absolute atomic E-state index is 5.76. The Morgan fingerprint density at radius 3 is 2.36 bits per heavy atom. The van der Waals surface area contributed by atoms with Gasteiger partial charge in [-0.1, -0.05) is 6.92 Å². The van der Waals surface area contributed by atoms with E-state index in [0.717, 1.165) is 0 Å². The molecule has 1 heterocycles. The van der Waals surface area contributed by atoms with Crippen molar-refractivity contribution >= 4 is 0 Å². The molecule has 4 heteroatoms. The van der Waals surface area contributed by atoms with Crippen LogP contribution in [0.1, 0.15) is 20.8 Å². The Bertz CT molecular complexity index is 178. The first-order chi connectivity index (χ1) is 6.61. The molecule has 0 aliphatic carbocycles. The summed E-state index contributed by atoms with van der Waals surface area (Å²) >= 11 is 0. The average molecular weight is 202 g/mol. The number of methoxy groups -OCH3 is 1. The summed E-state index contributed by atoms with van der Waals surface area (Å²) in [5.74, 6) is 6.46. The van der Waals surface area contributed by atoms with E-state index in [1.807, 2.05) is 0 Å². The van der Waals surface area contributed by atoms with E-state index in [-0.39, 0.29) is 12.1 Å². The summed E-state index contributed by atoms with van der Waals surface area (Å²) in [5.41, 5.74) is 2.82. The van der Waals surface area contributed by atoms with Crippen molar-refractivity contribution in [3.63, 3.8) is 0 Å². The number of nitrogens with one attached hydrogen (secondary N) is 1. The third-order valence-electron chi connectivity index (χ3n) is 3.34. The normalized spacial score (nSPS) is 40.1. The maximum atomic E-state index is 5.76. The molecule has 0 bridgehead atoms. The van der Waals surface area contributed by atoms with Crippen LogP contribution in [0.5, 0.6) is 0 Å². The molecule has 0 aromatic heterocycles. The van der Waals surface area contributed by atoms with Crippen LogP contribution in [0.2, 0.25) is 0 Å². The maximum Gasteiger partial charge on any atom is 0.0633 e. The Morgan fingerprint density at radius 2 is 2.00 bits per heavy atom. The highest BCUT2D eigenvalue weighted by atomic mass is 16.5. The number of rotatable bonds is 4. The van der Waals surface area contributed by atoms with Crippen molar-refractivity contribution in [2.75, 3.05) is 13.7 Å². The molecule has 0 saturated carbocycles. The van der Waals surface area contributed by atoms with Crippen LogP contribution in [-0.4, -0.2) is 32.0 Å². The lowest BCUT2D eigenvalue weighted by molar-refractivity contribution is 0.0414. The van der Waals surface area contributed by atoms with Crippen LogP contribution in [0.4, 0.5) is 0 Å². The van der Waals surface area contributed by atoms with Crippen LogP contribution in [-0.2, 0) is 9.47 Å². The molecule has 1 fully saturated rings. The van der Waals surface area contributed by atoms with Gasteiger partial charge in [0.15, 0.2) is 0 Å². The van der Waals surface area contributed by atoms with E-state index in [1.54, 1.807) is 7.11 Å². The quantitative estimate of drug-likeness (QED) is 0.515. The highest BCUT2D eigenvalue weighted by molar-refractivity contribution is 4.90. The smallest absolute Gasteiger partial charge is 0.0633 e. The number of hydrogen-bond donors (Lipinski definition) is 2. The van der Waals surface area contributed by atoms with E-state index >= 15 is 0 Å². The molecule has 0 aromatic carbocycles. The second-order valence-electron chi connectivity index (χ2n) is 4.21. The summed E-state index contributed by atoms with van der Waals surface area (Å²) in [6.07, 6.45) is 0.555. The van der Waals surface area contributed by atoms with Crippen molar-refractivity contribution in [3.05, 3.63) is 0 Å². The molecule has 5 atom stereocenters. The minimum Gasteiger partial charge on any atom is -0.383 e. The van der Waals surface area contributed by atoms with Crippen LogP contribution in [0.15, 0.2) is 0 Å². The van der Waals surface area contributed by atoms with Crippen molar-refractivity contribution in [2.24, 2.45) is 17.7 Å². The van der Waals surface area contributed by atoms with Gasteiger partial charge in [-0.3, -0.25) is 11.3 Å². The van der Waals surface area contributed by atoms with Crippen LogP contribution in [0, 0.1) is 11.8 Å². The van der Waals surface area contributed by atoms with Gasteiger partial charge in [0.1, 0.15) is 0 Å². The van der Waals surface area contributed by atoms with Gasteiger partial charge in [-0.25, -0.2) is 0 Å². The van der Waals surface area contributed by atoms with Crippen molar-refractivity contribution in [1.29, 1.82) is 0 Å². The van der Waals surface area contributed by atoms with Crippen LogP contribution in [0.3, 0.4) is 0 Å². The third-order valence-corrected chi connectivity index (χ3v) is 3.34. The fourth-order valence-electron chi connectivity index (χ4n) is 2.44. The van der Waals surface area contributed by atoms with Gasteiger partial charge in [-0.15, -0.1) is 0 Å². The van der Waals surface area contributed by atoms with E-state index in [9.17, 15) is 0 Å². The Balaban J connectivity index is 2.63. The van der Waals surface area contributed by atoms with E-state index in [0.29, 0.717) is 24.5 Å². The van der Waals surface area contributed by atoms with Gasteiger partial charge < -0.3 is 9.47 Å². The Hall–Kier alpha value is -0.160. The zero-order valence-electron chi connectivity index (χ0n) is 9.49. The summed E-state index contributed by atoms with van der Waals surface area (Å²) in [7, 11) is 1.69. The first kappa shape index (κ1) is 11.9. The highest BCUT2D eigenvalue weighted by Crippen LogP contribution is 2.34. The Labute approximate surface area is 86.1 Å². The molecule has 1 aliphatic rings. The molecule has 5 unspecified atom stereocenters. The molecule has 0 radical (unpaired) electrons. The van der Waals surface area contributed by atoms with Gasteiger partial charge in [-0.2, -0.15) is 0 Å². The highest BCUT2D eigenvalue weighted by Gasteiger charge is 2.41. The van der Waals surface area contributed by atoms with Crippen molar-refractivity contribution < 1.29 is 9.47 Å². The van der Waals surface area contributed by atoms with Gasteiger partial charge in [-0.05, 0) is 19.8 Å². The molecular formula is C10H22N2O2. The fourth-order valence-corrected chi connectivity index (χ4v) is 2.44. The molecule has 1 saturated heterocycles. The molecular weight excluding hydrogens is 180 g/mol. The molecule has 14 heavy (non-hydrogen) atoms. The first-order valence-corrected chi connectivity index (χ1v) is 5.22. The van der Waals surface area contributed by atoms with Gasteiger partial charge in [0.2, 0.25) is 0 Å². The first-order valence-electron chi connectivity index (χ1n) is 5.22. The van der Waals surface area contributed by atoms with E-state index in [2.05, 4.69) is 26.2 Å². The zero-order valence-corrected chi connectivity index (χ0v) is 9.49. The molecule has 0 aromatic rings. The van der Waals surface area contributed by atoms with Gasteiger partial charge in [0.05, 0.1) is 24.9 Å². The van der Waals surface area contributed by atoms with Crippen LogP contribution < -0.4 is 11.3 Å². The monoisotopic (exact) mass is 202 g/mol. The minimum absolute atomic E-state index is 0.176. The molecule has 84 valence electrons. The van der Waals surface area contributed by atoms with E-state index in [4.69, 9.17) is 15.3 Å². The predicted octanol–water partition coefficient (Wildman–Crippen LogP) is 0.524. The number of ether oxygens (including phenoxy) is 2. The predicted molar refractivity (Wildman–Crippen MR) is 55.7 cm³/mol. The van der Waals surface area contributed by atoms with Crippen molar-refractivity contribution in [2.45, 2.75) is 39.0 Å². The molecule has 0 amide bonds. The second-order valence-corrected chi connectivity index (χ2v) is 4.21. The molecule has 0 spiro atoms. The van der Waals surface area contributed by atoms with Crippen molar-refractivity contribution in [3.8, 4) is 0 Å². The summed E-state index contributed by atoms with van der Waals surface area (Å²) in [4.78, 5) is 0. The van der Waals surface area contributed by atoms with E-state index < -0.39 is 0 Å². The van der Waals surface area contributed by atoms with E-state index in [1.165, 1.54) is 0 Å². The van der Waals surface area contributed by atoms with Gasteiger partial charge >= 0.3 is 0 Å². The summed E-state index contributed by atoms with van der Waals surface area (Å²) < 4.78 is 10.9. The number of hydrogen-bond acceptors (Lipinski definition) is 4. The Morgan fingerprint density at radius 1 is 1.36 bits per heavy atom. The molecule has 4 nitrogen and oxygen atoms in total. The van der Waals surface area contributed by atoms with Crippen LogP contribution >= 0.6 is 0 Å². The summed E-state index contributed by atoms with van der Waals surface area (Å²) in [6, 6.07) is 0.176. The lowest BCUT2D eigenvalue weighted by Crippen LogP contribution is -2.48. The fraction of sp³-hybridized carbons (Fsp3) is 1.00. The number of hydrazine groups is 1. The lowest BCUT2D eigenvalue weighted by atomic mass is 9.84. The van der Waals surface area contributed by atoms with Crippen molar-refractivity contribution in [1.82, 2.24) is 5.43 Å². The number of nitrogens with two attached hydrogens (primary N) is 1. The van der Waals surface area contributed by atoms with Gasteiger partial charge in [0.25, 0.3) is 0 Å². The lowest BCUT2D eigenvalue weighted by Gasteiger charge is -2.27. The SMILES string of the molecule is COCC(NN)C1C(C)OC(C)C1C. The zero-order chi connectivity index (χ0) is 10.7. The standard InChI is InChI=1S/C10H22N2O2/c1-6-7(2)14-8(3)10(6)9(12-11)5-13-4/h6-10,12H,5,11H2,1-4H3. The molecule has 1 aliphatic heterocycles. The third kappa shape index (κ3) is 2.25. The molecule has 1 rings (SSSR count).